The number of hydrogen-bond donors (Lipinski definition) is 2. The third kappa shape index (κ3) is 3.26. The second kappa shape index (κ2) is 5.50. The molecule has 3 nitrogen and oxygen atoms in total. The van der Waals surface area contributed by atoms with E-state index in [1.807, 2.05) is 0 Å². The van der Waals surface area contributed by atoms with E-state index in [2.05, 4.69) is 6.92 Å². The molecule has 3 heteroatoms. The number of benzene rings is 1. The molecule has 0 aliphatic carbocycles. The van der Waals surface area contributed by atoms with Gasteiger partial charge in [-0.15, -0.1) is 0 Å². The molecule has 78 valence electrons. The number of rotatable bonds is 5. The summed E-state index contributed by atoms with van der Waals surface area (Å²) in [7, 11) is 0. The summed E-state index contributed by atoms with van der Waals surface area (Å²) in [5.41, 5.74) is 0.626. The van der Waals surface area contributed by atoms with Gasteiger partial charge in [0.05, 0.1) is 6.61 Å². The SMILES string of the molecule is CCCCOCc1cc(O)ccc1O. The van der Waals surface area contributed by atoms with Gasteiger partial charge in [-0.2, -0.15) is 0 Å². The molecule has 0 aromatic heterocycles. The lowest BCUT2D eigenvalue weighted by Gasteiger charge is -2.06. The van der Waals surface area contributed by atoms with Crippen molar-refractivity contribution in [3.05, 3.63) is 23.8 Å². The van der Waals surface area contributed by atoms with Crippen LogP contribution < -0.4 is 0 Å². The van der Waals surface area contributed by atoms with Crippen LogP contribution in [0.3, 0.4) is 0 Å². The summed E-state index contributed by atoms with van der Waals surface area (Å²) < 4.78 is 5.32. The summed E-state index contributed by atoms with van der Waals surface area (Å²) >= 11 is 0. The van der Waals surface area contributed by atoms with E-state index in [9.17, 15) is 10.2 Å². The molecule has 1 aromatic carbocycles. The maximum Gasteiger partial charge on any atom is 0.121 e. The van der Waals surface area contributed by atoms with E-state index in [0.29, 0.717) is 18.8 Å². The van der Waals surface area contributed by atoms with E-state index < -0.39 is 0 Å². The molecule has 0 spiro atoms. The summed E-state index contributed by atoms with van der Waals surface area (Å²) in [5, 5.41) is 18.6. The highest BCUT2D eigenvalue weighted by atomic mass is 16.5. The molecular formula is C11H16O3. The molecule has 0 aliphatic rings. The molecule has 0 atom stereocenters. The number of aromatic hydroxyl groups is 2. The van der Waals surface area contributed by atoms with E-state index in [1.165, 1.54) is 18.2 Å². The van der Waals surface area contributed by atoms with Crippen molar-refractivity contribution in [2.75, 3.05) is 6.61 Å². The van der Waals surface area contributed by atoms with Gasteiger partial charge in [-0.25, -0.2) is 0 Å². The molecule has 0 saturated carbocycles. The predicted molar refractivity (Wildman–Crippen MR) is 54.3 cm³/mol. The zero-order valence-electron chi connectivity index (χ0n) is 8.36. The number of unbranched alkanes of at least 4 members (excludes halogenated alkanes) is 1. The number of ether oxygens (including phenoxy) is 1. The van der Waals surface area contributed by atoms with Gasteiger partial charge < -0.3 is 14.9 Å². The molecule has 1 rings (SSSR count). The molecule has 0 fully saturated rings. The second-order valence-electron chi connectivity index (χ2n) is 3.22. The first-order valence-electron chi connectivity index (χ1n) is 4.82. The van der Waals surface area contributed by atoms with Gasteiger partial charge in [0, 0.05) is 12.2 Å². The van der Waals surface area contributed by atoms with Crippen LogP contribution in [0.25, 0.3) is 0 Å². The minimum atomic E-state index is 0.150. The molecular weight excluding hydrogens is 180 g/mol. The lowest BCUT2D eigenvalue weighted by molar-refractivity contribution is 0.116. The van der Waals surface area contributed by atoms with Crippen molar-refractivity contribution in [2.45, 2.75) is 26.4 Å². The summed E-state index contributed by atoms with van der Waals surface area (Å²) in [5.74, 6) is 0.316. The fourth-order valence-electron chi connectivity index (χ4n) is 1.12. The van der Waals surface area contributed by atoms with Gasteiger partial charge in [0.25, 0.3) is 0 Å². The van der Waals surface area contributed by atoms with Crippen molar-refractivity contribution in [3.63, 3.8) is 0 Å². The topological polar surface area (TPSA) is 49.7 Å². The lowest BCUT2D eigenvalue weighted by Crippen LogP contribution is -1.95. The van der Waals surface area contributed by atoms with Crippen LogP contribution in [0, 0.1) is 0 Å². The summed E-state index contributed by atoms with van der Waals surface area (Å²) in [6.45, 7) is 3.13. The Labute approximate surface area is 84.0 Å². The maximum atomic E-state index is 9.40. The largest absolute Gasteiger partial charge is 0.508 e. The quantitative estimate of drug-likeness (QED) is 0.561. The standard InChI is InChI=1S/C11H16O3/c1-2-3-6-14-8-9-7-10(12)4-5-11(9)13/h4-5,7,12-13H,2-3,6,8H2,1H3. The average Bonchev–Trinajstić information content (AvgIpc) is 2.18. The van der Waals surface area contributed by atoms with E-state index >= 15 is 0 Å². The fourth-order valence-corrected chi connectivity index (χ4v) is 1.12. The Morgan fingerprint density at radius 3 is 2.79 bits per heavy atom. The number of phenols is 2. The zero-order chi connectivity index (χ0) is 10.4. The van der Waals surface area contributed by atoms with Crippen LogP contribution >= 0.6 is 0 Å². The molecule has 0 heterocycles. The summed E-state index contributed by atoms with van der Waals surface area (Å²) in [4.78, 5) is 0. The summed E-state index contributed by atoms with van der Waals surface area (Å²) in [6.07, 6.45) is 2.10. The van der Waals surface area contributed by atoms with Crippen LogP contribution in [-0.4, -0.2) is 16.8 Å². The van der Waals surface area contributed by atoms with E-state index in [4.69, 9.17) is 4.74 Å². The van der Waals surface area contributed by atoms with Crippen molar-refractivity contribution in [1.82, 2.24) is 0 Å². The highest BCUT2D eigenvalue weighted by molar-refractivity contribution is 5.38. The van der Waals surface area contributed by atoms with Gasteiger partial charge in [-0.1, -0.05) is 13.3 Å². The van der Waals surface area contributed by atoms with Crippen molar-refractivity contribution in [2.24, 2.45) is 0 Å². The molecule has 0 amide bonds. The van der Waals surface area contributed by atoms with Gasteiger partial charge in [-0.05, 0) is 24.6 Å². The minimum Gasteiger partial charge on any atom is -0.508 e. The first kappa shape index (κ1) is 10.9. The Morgan fingerprint density at radius 1 is 1.29 bits per heavy atom. The monoisotopic (exact) mass is 196 g/mol. The Kier molecular flexibility index (Phi) is 4.26. The Bertz CT molecular complexity index is 284. The first-order chi connectivity index (χ1) is 6.74. The minimum absolute atomic E-state index is 0.150. The van der Waals surface area contributed by atoms with Gasteiger partial charge in [0.2, 0.25) is 0 Å². The lowest BCUT2D eigenvalue weighted by atomic mass is 10.2. The molecule has 0 aliphatic heterocycles. The van der Waals surface area contributed by atoms with Crippen molar-refractivity contribution in [3.8, 4) is 11.5 Å². The van der Waals surface area contributed by atoms with Gasteiger partial charge in [0.1, 0.15) is 11.5 Å². The molecule has 2 N–H and O–H groups in total. The molecule has 0 unspecified atom stereocenters. The van der Waals surface area contributed by atoms with E-state index in [0.717, 1.165) is 12.8 Å². The average molecular weight is 196 g/mol. The van der Waals surface area contributed by atoms with Crippen LogP contribution in [0.4, 0.5) is 0 Å². The third-order valence-corrected chi connectivity index (χ3v) is 1.96. The van der Waals surface area contributed by atoms with Crippen LogP contribution in [-0.2, 0) is 11.3 Å². The van der Waals surface area contributed by atoms with Crippen LogP contribution in [0.5, 0.6) is 11.5 Å². The van der Waals surface area contributed by atoms with Gasteiger partial charge >= 0.3 is 0 Å². The first-order valence-corrected chi connectivity index (χ1v) is 4.82. The van der Waals surface area contributed by atoms with Crippen molar-refractivity contribution < 1.29 is 14.9 Å². The number of hydrogen-bond acceptors (Lipinski definition) is 3. The summed E-state index contributed by atoms with van der Waals surface area (Å²) in [6, 6.07) is 4.43. The van der Waals surface area contributed by atoms with Crippen LogP contribution in [0.15, 0.2) is 18.2 Å². The Hall–Kier alpha value is -1.22. The van der Waals surface area contributed by atoms with Gasteiger partial charge in [-0.3, -0.25) is 0 Å². The Morgan fingerprint density at radius 2 is 2.07 bits per heavy atom. The number of phenolic OH excluding ortho intramolecular Hbond substituents is 2. The van der Waals surface area contributed by atoms with E-state index in [-0.39, 0.29) is 11.5 Å². The van der Waals surface area contributed by atoms with Gasteiger partial charge in [0.15, 0.2) is 0 Å². The molecule has 1 aromatic rings. The van der Waals surface area contributed by atoms with E-state index in [1.54, 1.807) is 0 Å². The van der Waals surface area contributed by atoms with Crippen molar-refractivity contribution in [1.29, 1.82) is 0 Å². The highest BCUT2D eigenvalue weighted by Gasteiger charge is 2.01. The normalized spacial score (nSPS) is 10.4. The second-order valence-corrected chi connectivity index (χ2v) is 3.22. The molecule has 0 saturated heterocycles. The molecule has 14 heavy (non-hydrogen) atoms. The predicted octanol–water partition coefficient (Wildman–Crippen LogP) is 2.41. The smallest absolute Gasteiger partial charge is 0.121 e. The van der Waals surface area contributed by atoms with Crippen molar-refractivity contribution >= 4 is 0 Å². The zero-order valence-corrected chi connectivity index (χ0v) is 8.36. The molecule has 0 radical (unpaired) electrons. The highest BCUT2D eigenvalue weighted by Crippen LogP contribution is 2.22. The van der Waals surface area contributed by atoms with Crippen LogP contribution in [0.1, 0.15) is 25.3 Å². The molecule has 0 bridgehead atoms. The Balaban J connectivity index is 2.45. The fraction of sp³-hybridized carbons (Fsp3) is 0.455. The van der Waals surface area contributed by atoms with Crippen LogP contribution in [0.2, 0.25) is 0 Å². The third-order valence-electron chi connectivity index (χ3n) is 1.96. The maximum absolute atomic E-state index is 9.40.